The van der Waals surface area contributed by atoms with Crippen molar-refractivity contribution in [2.75, 3.05) is 19.8 Å². The summed E-state index contributed by atoms with van der Waals surface area (Å²) in [6.07, 6.45) is 41.9. The first-order chi connectivity index (χ1) is 30.5. The Hall–Kier alpha value is -2.74. The van der Waals surface area contributed by atoms with Gasteiger partial charge in [-0.1, -0.05) is 150 Å². The molecule has 0 aromatic heterocycles. The zero-order chi connectivity index (χ0) is 46.2. The molecule has 63 heavy (non-hydrogen) atoms. The van der Waals surface area contributed by atoms with E-state index in [1.54, 1.807) is 0 Å². The van der Waals surface area contributed by atoms with E-state index in [2.05, 4.69) is 98.9 Å². The molecule has 0 spiro atoms. The van der Waals surface area contributed by atoms with Gasteiger partial charge >= 0.3 is 13.8 Å². The summed E-state index contributed by atoms with van der Waals surface area (Å²) in [5.74, 6) is -0.541. The molecule has 0 aromatic rings. The summed E-state index contributed by atoms with van der Waals surface area (Å²) in [5.41, 5.74) is 0. The molecule has 1 fully saturated rings. The molecule has 1 aliphatic rings. The van der Waals surface area contributed by atoms with Gasteiger partial charge in [-0.25, -0.2) is 4.57 Å². The van der Waals surface area contributed by atoms with Gasteiger partial charge in [-0.15, -0.1) is 0 Å². The highest BCUT2D eigenvalue weighted by Gasteiger charge is 2.51. The Balaban J connectivity index is 2.44. The maximum atomic E-state index is 12.8. The van der Waals surface area contributed by atoms with Gasteiger partial charge < -0.3 is 39.9 Å². The second-order valence-electron chi connectivity index (χ2n) is 15.9. The van der Waals surface area contributed by atoms with Crippen LogP contribution in [0.3, 0.4) is 0 Å². The summed E-state index contributed by atoms with van der Waals surface area (Å²) in [6.45, 7) is 4.02. The average molecular weight is 907 g/mol. The Bertz CT molecular complexity index is 1400. The van der Waals surface area contributed by atoms with Gasteiger partial charge in [-0.05, 0) is 89.9 Å². The van der Waals surface area contributed by atoms with Crippen LogP contribution < -0.4 is 0 Å². The lowest BCUT2D eigenvalue weighted by molar-refractivity contribution is -0.220. The third-order valence-electron chi connectivity index (χ3n) is 10.2. The Morgan fingerprint density at radius 1 is 0.524 bits per heavy atom. The lowest BCUT2D eigenvalue weighted by Gasteiger charge is -2.41. The van der Waals surface area contributed by atoms with E-state index in [0.717, 1.165) is 83.5 Å². The van der Waals surface area contributed by atoms with E-state index >= 15 is 0 Å². The smallest absolute Gasteiger partial charge is 0.457 e. The second-order valence-corrected chi connectivity index (χ2v) is 17.3. The van der Waals surface area contributed by atoms with Gasteiger partial charge in [0.05, 0.1) is 13.2 Å². The lowest BCUT2D eigenvalue weighted by Crippen LogP contribution is -2.64. The number of esters is 1. The van der Waals surface area contributed by atoms with Crippen LogP contribution in [0.15, 0.2) is 97.2 Å². The van der Waals surface area contributed by atoms with Crippen molar-refractivity contribution >= 4 is 13.8 Å². The van der Waals surface area contributed by atoms with Crippen LogP contribution in [-0.4, -0.2) is 98.9 Å². The number of unbranched alkanes of at least 4 members (excludes halogenated alkanes) is 10. The van der Waals surface area contributed by atoms with Crippen molar-refractivity contribution in [3.63, 3.8) is 0 Å². The van der Waals surface area contributed by atoms with Crippen molar-refractivity contribution in [2.24, 2.45) is 0 Å². The summed E-state index contributed by atoms with van der Waals surface area (Å²) >= 11 is 0. The maximum Gasteiger partial charge on any atom is 0.472 e. The zero-order valence-electron chi connectivity index (χ0n) is 38.3. The van der Waals surface area contributed by atoms with Gasteiger partial charge in [0.15, 0.2) is 0 Å². The largest absolute Gasteiger partial charge is 0.472 e. The molecule has 6 unspecified atom stereocenters. The Kier molecular flexibility index (Phi) is 36.6. The highest BCUT2D eigenvalue weighted by atomic mass is 31.2. The predicted molar refractivity (Wildman–Crippen MR) is 253 cm³/mol. The first-order valence-electron chi connectivity index (χ1n) is 23.6. The van der Waals surface area contributed by atoms with Gasteiger partial charge in [-0.3, -0.25) is 13.8 Å². The average Bonchev–Trinajstić information content (AvgIpc) is 3.27. The number of ether oxygens (including phenoxy) is 2. The third-order valence-corrected chi connectivity index (χ3v) is 11.2. The van der Waals surface area contributed by atoms with Crippen molar-refractivity contribution < 1.29 is 58.3 Å². The normalized spacial score (nSPS) is 22.7. The van der Waals surface area contributed by atoms with E-state index in [9.17, 15) is 39.8 Å². The Morgan fingerprint density at radius 2 is 0.937 bits per heavy atom. The summed E-state index contributed by atoms with van der Waals surface area (Å²) < 4.78 is 34.1. The molecule has 1 saturated carbocycles. The molecule has 360 valence electrons. The van der Waals surface area contributed by atoms with Crippen LogP contribution in [0.1, 0.15) is 149 Å². The van der Waals surface area contributed by atoms with Crippen molar-refractivity contribution in [3.8, 4) is 0 Å². The minimum atomic E-state index is -5.04. The van der Waals surface area contributed by atoms with Gasteiger partial charge in [-0.2, -0.15) is 0 Å². The molecular weight excluding hydrogens is 824 g/mol. The molecule has 0 aromatic carbocycles. The molecule has 0 bridgehead atoms. The number of rotatable bonds is 38. The number of aliphatic hydroxyl groups is 5. The molecule has 0 heterocycles. The Morgan fingerprint density at radius 3 is 1.44 bits per heavy atom. The van der Waals surface area contributed by atoms with Gasteiger partial charge in [0.25, 0.3) is 0 Å². The van der Waals surface area contributed by atoms with E-state index in [1.807, 2.05) is 12.2 Å². The van der Waals surface area contributed by atoms with Crippen LogP contribution in [-0.2, 0) is 27.9 Å². The fourth-order valence-electron chi connectivity index (χ4n) is 6.45. The fraction of sp³-hybridized carbons (Fsp3) is 0.660. The van der Waals surface area contributed by atoms with Crippen molar-refractivity contribution in [1.29, 1.82) is 0 Å². The summed E-state index contributed by atoms with van der Waals surface area (Å²) in [5, 5.41) is 50.2. The summed E-state index contributed by atoms with van der Waals surface area (Å²) in [6, 6.07) is 0. The Labute approximate surface area is 379 Å². The van der Waals surface area contributed by atoms with Crippen LogP contribution in [0.25, 0.3) is 0 Å². The molecule has 1 aliphatic carbocycles. The van der Waals surface area contributed by atoms with Gasteiger partial charge in [0.1, 0.15) is 42.7 Å². The highest BCUT2D eigenvalue weighted by Crippen LogP contribution is 2.47. The molecule has 0 radical (unpaired) electrons. The number of aliphatic hydroxyl groups excluding tert-OH is 5. The van der Waals surface area contributed by atoms with E-state index < -0.39 is 63.1 Å². The van der Waals surface area contributed by atoms with E-state index in [-0.39, 0.29) is 13.0 Å². The lowest BCUT2D eigenvalue weighted by atomic mass is 9.85. The van der Waals surface area contributed by atoms with Crippen molar-refractivity contribution in [2.45, 2.75) is 191 Å². The number of carbonyl (C=O) groups is 1. The summed E-state index contributed by atoms with van der Waals surface area (Å²) in [4.78, 5) is 23.1. The fourth-order valence-corrected chi connectivity index (χ4v) is 7.43. The minimum Gasteiger partial charge on any atom is -0.457 e. The van der Waals surface area contributed by atoms with E-state index in [4.69, 9.17) is 18.5 Å². The molecule has 6 atom stereocenters. The zero-order valence-corrected chi connectivity index (χ0v) is 39.2. The number of hydrogen-bond acceptors (Lipinski definition) is 11. The molecule has 0 saturated heterocycles. The number of phosphoric acid groups is 1. The molecule has 6 N–H and O–H groups in total. The van der Waals surface area contributed by atoms with Gasteiger partial charge in [0.2, 0.25) is 0 Å². The number of phosphoric ester groups is 1. The molecule has 13 heteroatoms. The molecule has 0 amide bonds. The van der Waals surface area contributed by atoms with Crippen LogP contribution in [0.2, 0.25) is 0 Å². The molecular formula is C50H83O12P. The molecule has 1 rings (SSSR count). The predicted octanol–water partition coefficient (Wildman–Crippen LogP) is 9.92. The van der Waals surface area contributed by atoms with Crippen molar-refractivity contribution in [3.05, 3.63) is 97.2 Å². The first kappa shape index (κ1) is 58.3. The van der Waals surface area contributed by atoms with Crippen LogP contribution >= 0.6 is 7.82 Å². The van der Waals surface area contributed by atoms with Crippen LogP contribution in [0.4, 0.5) is 0 Å². The molecule has 0 aliphatic heterocycles. The monoisotopic (exact) mass is 907 g/mol. The van der Waals surface area contributed by atoms with Crippen LogP contribution in [0, 0.1) is 0 Å². The topological polar surface area (TPSA) is 192 Å². The third kappa shape index (κ3) is 31.7. The number of carbonyl (C=O) groups excluding carboxylic acids is 1. The minimum absolute atomic E-state index is 0.0985. The van der Waals surface area contributed by atoms with Crippen LogP contribution in [0.5, 0.6) is 0 Å². The number of hydrogen-bond donors (Lipinski definition) is 6. The van der Waals surface area contributed by atoms with E-state index in [1.165, 1.54) is 32.1 Å². The maximum absolute atomic E-state index is 12.8. The standard InChI is InChI=1S/C50H83O12P/c1-3-5-7-9-11-13-15-17-18-19-20-21-22-23-24-25-26-27-29-31-33-35-37-39-44(51)61-43(41-59-40-38-36-34-32-30-28-16-14-12-10-8-6-4-2)42-60-63(57,58)62-50-48(55)46(53)45(52)47(54)49(50)56/h5,7,11-14,17-18,20-21,23-24,26-27,31,33,43,45-50,52-56H,3-4,6,8-10,15-16,19,22,25,28-30,32,34-42H2,1-2H3,(H,57,58)/b7-5-,13-11-,14-12-,18-17-,21-20-,24-23-,27-26-,33-31-. The number of allylic oxidation sites excluding steroid dienone is 16. The quantitative estimate of drug-likeness (QED) is 0.0149. The van der Waals surface area contributed by atoms with Gasteiger partial charge in [0, 0.05) is 13.0 Å². The highest BCUT2D eigenvalue weighted by molar-refractivity contribution is 7.47. The second kappa shape index (κ2) is 39.6. The summed E-state index contributed by atoms with van der Waals surface area (Å²) in [7, 11) is -5.04. The van der Waals surface area contributed by atoms with Crippen molar-refractivity contribution in [1.82, 2.24) is 0 Å². The first-order valence-corrected chi connectivity index (χ1v) is 25.1. The van der Waals surface area contributed by atoms with E-state index in [0.29, 0.717) is 19.4 Å². The SMILES string of the molecule is CC/C=C\C/C=C\C/C=C\C/C=C\C/C=C\C/C=C\C/C=C\CCCC(=O)OC(COCCCCCCCC/C=C\CCCCC)COP(=O)(O)OC1C(O)C(O)C(O)C(O)C1O. The molecule has 12 nitrogen and oxygen atoms in total.